The van der Waals surface area contributed by atoms with Crippen molar-refractivity contribution in [2.24, 2.45) is 5.73 Å². The second-order valence-corrected chi connectivity index (χ2v) is 8.58. The number of hydrogen-bond acceptors (Lipinski definition) is 8. The number of carbonyl (C=O) groups is 5. The van der Waals surface area contributed by atoms with Crippen LogP contribution in [-0.2, 0) is 36.8 Å². The predicted molar refractivity (Wildman–Crippen MR) is 135 cm³/mol. The number of amides is 3. The summed E-state index contributed by atoms with van der Waals surface area (Å²) >= 11 is 3.94. The van der Waals surface area contributed by atoms with E-state index in [1.54, 1.807) is 30.3 Å². The van der Waals surface area contributed by atoms with E-state index in [4.69, 9.17) is 10.8 Å². The molecule has 0 radical (unpaired) electrons. The molecular weight excluding hydrogens is 504 g/mol. The van der Waals surface area contributed by atoms with Gasteiger partial charge in [-0.05, 0) is 12.0 Å². The molecule has 13 nitrogen and oxygen atoms in total. The molecule has 0 saturated carbocycles. The minimum atomic E-state index is -1.32. The summed E-state index contributed by atoms with van der Waals surface area (Å²) in [6, 6.07) is 3.79. The Labute approximate surface area is 218 Å². The Morgan fingerprint density at radius 1 is 0.919 bits per heavy atom. The van der Waals surface area contributed by atoms with E-state index in [0.717, 1.165) is 0 Å². The normalized spacial score (nSPS) is 14.0. The van der Waals surface area contributed by atoms with Crippen molar-refractivity contribution in [3.63, 3.8) is 0 Å². The highest BCUT2D eigenvalue weighted by molar-refractivity contribution is 7.80. The molecule has 2 aromatic rings. The molecular formula is C23H30N6O7S. The third kappa shape index (κ3) is 9.93. The van der Waals surface area contributed by atoms with Gasteiger partial charge in [-0.25, -0.2) is 9.78 Å². The standard InChI is InChI=1S/C23H30N6O7S/c24-15(11-37)20(32)27-16(6-7-19(30)31)21(33)28-17(8-13-4-2-1-3-5-13)22(34)29-18(23(35)36)9-14-10-25-12-26-14/h1-5,10,12,15-18,37H,6-9,11,24H2,(H,25,26)(H,27,32)(H,28,33)(H,29,34)(H,30,31)(H,35,36). The largest absolute Gasteiger partial charge is 0.481 e. The fraction of sp³-hybridized carbons (Fsp3) is 0.391. The zero-order valence-corrected chi connectivity index (χ0v) is 20.7. The van der Waals surface area contributed by atoms with E-state index >= 15 is 0 Å². The van der Waals surface area contributed by atoms with Crippen LogP contribution in [-0.4, -0.2) is 79.8 Å². The van der Waals surface area contributed by atoms with Crippen molar-refractivity contribution in [2.45, 2.75) is 49.9 Å². The van der Waals surface area contributed by atoms with Crippen molar-refractivity contribution in [3.05, 3.63) is 54.1 Å². The van der Waals surface area contributed by atoms with Crippen LogP contribution in [0.3, 0.4) is 0 Å². The zero-order chi connectivity index (χ0) is 27.4. The van der Waals surface area contributed by atoms with E-state index in [-0.39, 0.29) is 25.0 Å². The zero-order valence-electron chi connectivity index (χ0n) is 19.8. The first-order valence-electron chi connectivity index (χ1n) is 11.3. The van der Waals surface area contributed by atoms with Gasteiger partial charge in [0.25, 0.3) is 0 Å². The number of carboxylic acid groups (broad SMARTS) is 2. The SMILES string of the molecule is NC(CS)C(=O)NC(CCC(=O)O)C(=O)NC(Cc1ccccc1)C(=O)NC(Cc1cnc[nH]1)C(=O)O. The van der Waals surface area contributed by atoms with Gasteiger partial charge >= 0.3 is 11.9 Å². The lowest BCUT2D eigenvalue weighted by Crippen LogP contribution is -2.58. The van der Waals surface area contributed by atoms with Gasteiger partial charge in [0.1, 0.15) is 18.1 Å². The predicted octanol–water partition coefficient (Wildman–Crippen LogP) is -1.14. The highest BCUT2D eigenvalue weighted by Gasteiger charge is 2.31. The number of hydrogen-bond donors (Lipinski definition) is 8. The molecule has 14 heteroatoms. The molecule has 2 rings (SSSR count). The van der Waals surface area contributed by atoms with E-state index < -0.39 is 60.2 Å². The number of carbonyl (C=O) groups excluding carboxylic acids is 3. The van der Waals surface area contributed by atoms with Gasteiger partial charge in [0.15, 0.2) is 0 Å². The van der Waals surface area contributed by atoms with Crippen LogP contribution in [0.1, 0.15) is 24.1 Å². The van der Waals surface area contributed by atoms with Gasteiger partial charge in [-0.15, -0.1) is 0 Å². The third-order valence-electron chi connectivity index (χ3n) is 5.32. The number of nitrogens with zero attached hydrogens (tertiary/aromatic N) is 1. The molecule has 0 aliphatic rings. The number of rotatable bonds is 15. The van der Waals surface area contributed by atoms with Crippen LogP contribution in [0.5, 0.6) is 0 Å². The van der Waals surface area contributed by atoms with Gasteiger partial charge in [-0.2, -0.15) is 12.6 Å². The molecule has 0 aliphatic carbocycles. The smallest absolute Gasteiger partial charge is 0.326 e. The van der Waals surface area contributed by atoms with Crippen molar-refractivity contribution >= 4 is 42.3 Å². The van der Waals surface area contributed by atoms with Crippen molar-refractivity contribution in [1.29, 1.82) is 0 Å². The average molecular weight is 535 g/mol. The Kier molecular flexibility index (Phi) is 11.6. The number of thiol groups is 1. The molecule has 0 spiro atoms. The Hall–Kier alpha value is -3.91. The molecule has 0 saturated heterocycles. The Balaban J connectivity index is 2.23. The maximum absolute atomic E-state index is 13.2. The maximum atomic E-state index is 13.2. The summed E-state index contributed by atoms with van der Waals surface area (Å²) in [6.45, 7) is 0. The van der Waals surface area contributed by atoms with Gasteiger partial charge < -0.3 is 36.9 Å². The van der Waals surface area contributed by atoms with E-state index in [2.05, 4.69) is 38.5 Å². The van der Waals surface area contributed by atoms with Crippen LogP contribution in [0, 0.1) is 0 Å². The summed E-state index contributed by atoms with van der Waals surface area (Å²) in [5, 5.41) is 26.0. The molecule has 0 fully saturated rings. The number of aliphatic carboxylic acids is 2. The summed E-state index contributed by atoms with van der Waals surface area (Å²) in [5.74, 6) is -4.80. The highest BCUT2D eigenvalue weighted by Crippen LogP contribution is 2.07. The van der Waals surface area contributed by atoms with Crippen LogP contribution in [0.4, 0.5) is 0 Å². The summed E-state index contributed by atoms with van der Waals surface area (Å²) in [4.78, 5) is 68.0. The van der Waals surface area contributed by atoms with Crippen LogP contribution in [0.15, 0.2) is 42.9 Å². The first-order valence-corrected chi connectivity index (χ1v) is 12.0. The average Bonchev–Trinajstić information content (AvgIpc) is 3.38. The van der Waals surface area contributed by atoms with E-state index in [0.29, 0.717) is 11.3 Å². The molecule has 1 aromatic heterocycles. The van der Waals surface area contributed by atoms with Crippen molar-refractivity contribution in [3.8, 4) is 0 Å². The Bertz CT molecular complexity index is 1070. The quantitative estimate of drug-likeness (QED) is 0.129. The topological polar surface area (TPSA) is 217 Å². The first kappa shape index (κ1) is 29.3. The van der Waals surface area contributed by atoms with Gasteiger partial charge in [-0.1, -0.05) is 30.3 Å². The van der Waals surface area contributed by atoms with Gasteiger partial charge in [0, 0.05) is 36.9 Å². The molecule has 0 aliphatic heterocycles. The third-order valence-corrected chi connectivity index (χ3v) is 5.72. The number of nitrogens with two attached hydrogens (primary N) is 1. The second kappa shape index (κ2) is 14.6. The molecule has 1 aromatic carbocycles. The molecule has 37 heavy (non-hydrogen) atoms. The van der Waals surface area contributed by atoms with Crippen LogP contribution in [0.25, 0.3) is 0 Å². The van der Waals surface area contributed by atoms with E-state index in [1.165, 1.54) is 12.5 Å². The fourth-order valence-corrected chi connectivity index (χ4v) is 3.48. The van der Waals surface area contributed by atoms with Crippen molar-refractivity contribution in [2.75, 3.05) is 5.75 Å². The molecule has 8 N–H and O–H groups in total. The van der Waals surface area contributed by atoms with Gasteiger partial charge in [0.2, 0.25) is 17.7 Å². The molecule has 200 valence electrons. The minimum Gasteiger partial charge on any atom is -0.481 e. The number of benzene rings is 1. The molecule has 4 atom stereocenters. The van der Waals surface area contributed by atoms with Gasteiger partial charge in [-0.3, -0.25) is 19.2 Å². The fourth-order valence-electron chi connectivity index (χ4n) is 3.32. The molecule has 0 bridgehead atoms. The van der Waals surface area contributed by atoms with E-state index in [9.17, 15) is 29.1 Å². The number of aromatic nitrogens is 2. The second-order valence-electron chi connectivity index (χ2n) is 8.21. The summed E-state index contributed by atoms with van der Waals surface area (Å²) < 4.78 is 0. The maximum Gasteiger partial charge on any atom is 0.326 e. The van der Waals surface area contributed by atoms with Crippen molar-refractivity contribution < 1.29 is 34.2 Å². The van der Waals surface area contributed by atoms with Crippen molar-refractivity contribution in [1.82, 2.24) is 25.9 Å². The number of carboxylic acids is 2. The summed E-state index contributed by atoms with van der Waals surface area (Å²) in [5.41, 5.74) is 6.80. The minimum absolute atomic E-state index is 0.00452. The van der Waals surface area contributed by atoms with E-state index in [1.807, 2.05) is 0 Å². The first-order chi connectivity index (χ1) is 17.6. The lowest BCUT2D eigenvalue weighted by molar-refractivity contribution is -0.142. The summed E-state index contributed by atoms with van der Waals surface area (Å²) in [6.07, 6.45) is 2.03. The lowest BCUT2D eigenvalue weighted by Gasteiger charge is -2.25. The molecule has 1 heterocycles. The number of aromatic amines is 1. The molecule has 4 unspecified atom stereocenters. The highest BCUT2D eigenvalue weighted by atomic mass is 32.1. The van der Waals surface area contributed by atoms with Crippen LogP contribution in [0.2, 0.25) is 0 Å². The number of imidazole rings is 1. The van der Waals surface area contributed by atoms with Crippen LogP contribution >= 0.6 is 12.6 Å². The number of H-pyrrole nitrogens is 1. The number of nitrogens with one attached hydrogen (secondary N) is 4. The Morgan fingerprint density at radius 3 is 2.11 bits per heavy atom. The Morgan fingerprint density at radius 2 is 1.54 bits per heavy atom. The lowest BCUT2D eigenvalue weighted by atomic mass is 10.0. The summed E-state index contributed by atoms with van der Waals surface area (Å²) in [7, 11) is 0. The molecule has 3 amide bonds. The monoisotopic (exact) mass is 534 g/mol. The van der Waals surface area contributed by atoms with Gasteiger partial charge in [0.05, 0.1) is 12.4 Å². The van der Waals surface area contributed by atoms with Crippen LogP contribution < -0.4 is 21.7 Å².